The number of benzene rings is 1. The van der Waals surface area contributed by atoms with Gasteiger partial charge in [-0.25, -0.2) is 0 Å². The third-order valence-corrected chi connectivity index (χ3v) is 6.25. The lowest BCUT2D eigenvalue weighted by atomic mass is 9.83. The van der Waals surface area contributed by atoms with E-state index in [9.17, 15) is 14.4 Å². The Morgan fingerprint density at radius 1 is 1.00 bits per heavy atom. The van der Waals surface area contributed by atoms with Crippen molar-refractivity contribution in [1.29, 1.82) is 0 Å². The summed E-state index contributed by atoms with van der Waals surface area (Å²) in [5.74, 6) is 0.532. The third kappa shape index (κ3) is 4.37. The first kappa shape index (κ1) is 20.9. The monoisotopic (exact) mass is 444 g/mol. The molecule has 0 aliphatic carbocycles. The van der Waals surface area contributed by atoms with Crippen molar-refractivity contribution in [3.05, 3.63) is 88.6 Å². The SMILES string of the molecule is O=C(Nc1ccc2n(c1=O)CC1CC2CN(C(=O)COc2ccccc2)C1)c1ccncc1. The highest BCUT2D eigenvalue weighted by atomic mass is 16.5. The summed E-state index contributed by atoms with van der Waals surface area (Å²) in [7, 11) is 0. The van der Waals surface area contributed by atoms with Crippen LogP contribution in [0.2, 0.25) is 0 Å². The summed E-state index contributed by atoms with van der Waals surface area (Å²) in [6, 6.07) is 16.0. The van der Waals surface area contributed by atoms with Crippen molar-refractivity contribution in [2.45, 2.75) is 18.9 Å². The van der Waals surface area contributed by atoms with Crippen molar-refractivity contribution < 1.29 is 14.3 Å². The second-order valence-electron chi connectivity index (χ2n) is 8.48. The Balaban J connectivity index is 1.29. The molecule has 8 heteroatoms. The molecule has 3 aromatic rings. The number of hydrogen-bond donors (Lipinski definition) is 1. The van der Waals surface area contributed by atoms with Gasteiger partial charge in [0.1, 0.15) is 11.4 Å². The third-order valence-electron chi connectivity index (χ3n) is 6.25. The number of hydrogen-bond acceptors (Lipinski definition) is 5. The van der Waals surface area contributed by atoms with E-state index < -0.39 is 0 Å². The fourth-order valence-corrected chi connectivity index (χ4v) is 4.70. The van der Waals surface area contributed by atoms with Crippen LogP contribution in [0.25, 0.3) is 0 Å². The number of amides is 2. The minimum absolute atomic E-state index is 0.00374. The van der Waals surface area contributed by atoms with Crippen LogP contribution in [0.4, 0.5) is 5.69 Å². The molecule has 168 valence electrons. The van der Waals surface area contributed by atoms with E-state index in [0.29, 0.717) is 30.9 Å². The fraction of sp³-hybridized carbons (Fsp3) is 0.280. The van der Waals surface area contributed by atoms with E-state index in [1.54, 1.807) is 22.8 Å². The molecule has 2 amide bonds. The Morgan fingerprint density at radius 2 is 1.79 bits per heavy atom. The maximum Gasteiger partial charge on any atom is 0.274 e. The van der Waals surface area contributed by atoms with Gasteiger partial charge < -0.3 is 19.5 Å². The number of aromatic nitrogens is 2. The average Bonchev–Trinajstić information content (AvgIpc) is 2.85. The molecule has 2 aromatic heterocycles. The van der Waals surface area contributed by atoms with Crippen LogP contribution in [-0.2, 0) is 11.3 Å². The van der Waals surface area contributed by atoms with Gasteiger partial charge in [0, 0.05) is 49.2 Å². The van der Waals surface area contributed by atoms with Crippen LogP contribution in [0.5, 0.6) is 5.75 Å². The van der Waals surface area contributed by atoms with E-state index in [4.69, 9.17) is 4.74 Å². The number of rotatable bonds is 5. The number of ether oxygens (including phenoxy) is 1. The number of piperidine rings is 1. The Labute approximate surface area is 190 Å². The lowest BCUT2D eigenvalue weighted by Crippen LogP contribution is -2.50. The van der Waals surface area contributed by atoms with Crippen molar-refractivity contribution in [3.8, 4) is 5.75 Å². The van der Waals surface area contributed by atoms with Gasteiger partial charge in [0.25, 0.3) is 17.4 Å². The Morgan fingerprint density at radius 3 is 2.58 bits per heavy atom. The first-order valence-electron chi connectivity index (χ1n) is 11.0. The van der Waals surface area contributed by atoms with Crippen LogP contribution in [0.1, 0.15) is 28.4 Å². The highest BCUT2D eigenvalue weighted by Crippen LogP contribution is 2.35. The molecule has 1 aromatic carbocycles. The molecule has 0 spiro atoms. The van der Waals surface area contributed by atoms with E-state index in [-0.39, 0.29) is 41.5 Å². The van der Waals surface area contributed by atoms with Gasteiger partial charge in [0.2, 0.25) is 0 Å². The largest absolute Gasteiger partial charge is 0.484 e. The summed E-state index contributed by atoms with van der Waals surface area (Å²) < 4.78 is 7.38. The lowest BCUT2D eigenvalue weighted by Gasteiger charge is -2.42. The van der Waals surface area contributed by atoms with E-state index in [1.807, 2.05) is 41.3 Å². The van der Waals surface area contributed by atoms with Crippen molar-refractivity contribution in [2.75, 3.05) is 25.0 Å². The number of para-hydroxylation sites is 1. The zero-order valence-electron chi connectivity index (χ0n) is 18.0. The normalized spacial score (nSPS) is 18.8. The Bertz CT molecular complexity index is 1230. The Kier molecular flexibility index (Phi) is 5.64. The second-order valence-corrected chi connectivity index (χ2v) is 8.48. The minimum atomic E-state index is -0.346. The average molecular weight is 444 g/mol. The van der Waals surface area contributed by atoms with E-state index in [2.05, 4.69) is 10.3 Å². The lowest BCUT2D eigenvalue weighted by molar-refractivity contribution is -0.136. The van der Waals surface area contributed by atoms with E-state index >= 15 is 0 Å². The first-order chi connectivity index (χ1) is 16.1. The number of nitrogens with one attached hydrogen (secondary N) is 1. The van der Waals surface area contributed by atoms with Crippen LogP contribution < -0.4 is 15.6 Å². The molecule has 2 aliphatic rings. The number of fused-ring (bicyclic) bond motifs is 4. The molecular weight excluding hydrogens is 420 g/mol. The summed E-state index contributed by atoms with van der Waals surface area (Å²) in [5, 5.41) is 2.72. The number of likely N-dealkylation sites (tertiary alicyclic amines) is 1. The molecule has 0 saturated carbocycles. The maximum atomic E-state index is 13.1. The Hall–Kier alpha value is -3.94. The molecule has 2 atom stereocenters. The topological polar surface area (TPSA) is 93.5 Å². The van der Waals surface area contributed by atoms with Crippen LogP contribution in [-0.4, -0.2) is 46.0 Å². The van der Waals surface area contributed by atoms with E-state index in [1.165, 1.54) is 12.4 Å². The minimum Gasteiger partial charge on any atom is -0.484 e. The molecular formula is C25H24N4O4. The standard InChI is InChI=1S/C25H24N4O4/c30-23(16-33-20-4-2-1-3-5-20)28-13-17-12-19(15-28)22-7-6-21(25(32)29(22)14-17)27-24(31)18-8-10-26-11-9-18/h1-11,17,19H,12-16H2,(H,27,31). The van der Waals surface area contributed by atoms with Gasteiger partial charge in [-0.3, -0.25) is 19.4 Å². The molecule has 8 nitrogen and oxygen atoms in total. The quantitative estimate of drug-likeness (QED) is 0.653. The van der Waals surface area contributed by atoms with Crippen molar-refractivity contribution in [1.82, 2.24) is 14.5 Å². The van der Waals surface area contributed by atoms with Crippen LogP contribution >= 0.6 is 0 Å². The van der Waals surface area contributed by atoms with Gasteiger partial charge in [-0.15, -0.1) is 0 Å². The summed E-state index contributed by atoms with van der Waals surface area (Å²) in [6.07, 6.45) is 4.01. The van der Waals surface area contributed by atoms with Crippen LogP contribution in [0, 0.1) is 5.92 Å². The molecule has 0 radical (unpaired) electrons. The molecule has 5 rings (SSSR count). The highest BCUT2D eigenvalue weighted by molar-refractivity contribution is 6.04. The van der Waals surface area contributed by atoms with Crippen molar-refractivity contribution in [2.24, 2.45) is 5.92 Å². The van der Waals surface area contributed by atoms with Gasteiger partial charge in [0.05, 0.1) is 0 Å². The van der Waals surface area contributed by atoms with Gasteiger partial charge in [-0.1, -0.05) is 18.2 Å². The van der Waals surface area contributed by atoms with Crippen molar-refractivity contribution >= 4 is 17.5 Å². The summed E-state index contributed by atoms with van der Waals surface area (Å²) in [4.78, 5) is 44.1. The van der Waals surface area contributed by atoms with Crippen LogP contribution in [0.3, 0.4) is 0 Å². The van der Waals surface area contributed by atoms with Gasteiger partial charge in [-0.2, -0.15) is 0 Å². The number of pyridine rings is 2. The smallest absolute Gasteiger partial charge is 0.274 e. The van der Waals surface area contributed by atoms with Gasteiger partial charge in [-0.05, 0) is 48.7 Å². The number of carbonyl (C=O) groups excluding carboxylic acids is 2. The summed E-state index contributed by atoms with van der Waals surface area (Å²) >= 11 is 0. The molecule has 1 N–H and O–H groups in total. The predicted molar refractivity (Wildman–Crippen MR) is 122 cm³/mol. The molecule has 2 bridgehead atoms. The molecule has 2 unspecified atom stereocenters. The fourth-order valence-electron chi connectivity index (χ4n) is 4.70. The molecule has 1 fully saturated rings. The summed E-state index contributed by atoms with van der Waals surface area (Å²) in [6.45, 7) is 1.66. The predicted octanol–water partition coefficient (Wildman–Crippen LogP) is 2.52. The zero-order valence-corrected chi connectivity index (χ0v) is 18.0. The number of nitrogens with zero attached hydrogens (tertiary/aromatic N) is 3. The highest BCUT2D eigenvalue weighted by Gasteiger charge is 2.36. The van der Waals surface area contributed by atoms with Gasteiger partial charge in [0.15, 0.2) is 6.61 Å². The summed E-state index contributed by atoms with van der Waals surface area (Å²) in [5.41, 5.74) is 1.39. The van der Waals surface area contributed by atoms with E-state index in [0.717, 1.165) is 12.1 Å². The molecule has 4 heterocycles. The number of carbonyl (C=O) groups is 2. The zero-order chi connectivity index (χ0) is 22.8. The molecule has 33 heavy (non-hydrogen) atoms. The van der Waals surface area contributed by atoms with Crippen molar-refractivity contribution in [3.63, 3.8) is 0 Å². The second kappa shape index (κ2) is 8.90. The van der Waals surface area contributed by atoms with Gasteiger partial charge >= 0.3 is 0 Å². The molecule has 2 aliphatic heterocycles. The van der Waals surface area contributed by atoms with Crippen LogP contribution in [0.15, 0.2) is 71.8 Å². The maximum absolute atomic E-state index is 13.1. The molecule has 1 saturated heterocycles. The first-order valence-corrected chi connectivity index (χ1v) is 11.0. The number of anilines is 1.